The first-order valence-electron chi connectivity index (χ1n) is 6.48. The lowest BCUT2D eigenvalue weighted by molar-refractivity contribution is -0.137. The molecule has 0 unspecified atom stereocenters. The molecule has 0 aromatic heterocycles. The average molecular weight is 255 g/mol. The Morgan fingerprint density at radius 3 is 2.06 bits per heavy atom. The number of hydrogen-bond donors (Lipinski definition) is 1. The van der Waals surface area contributed by atoms with Crippen LogP contribution in [0.25, 0.3) is 0 Å². The van der Waals surface area contributed by atoms with Crippen molar-refractivity contribution in [1.82, 2.24) is 0 Å². The predicted octanol–water partition coefficient (Wildman–Crippen LogP) is 4.31. The van der Waals surface area contributed by atoms with Crippen LogP contribution in [0.1, 0.15) is 31.2 Å². The SMILES string of the molecule is FC(F)(F)c1ccccc1NC(C1CC1)C1CC1. The van der Waals surface area contributed by atoms with E-state index >= 15 is 0 Å². The summed E-state index contributed by atoms with van der Waals surface area (Å²) in [5, 5.41) is 3.16. The number of nitrogens with one attached hydrogen (secondary N) is 1. The first-order chi connectivity index (χ1) is 8.55. The van der Waals surface area contributed by atoms with Crippen LogP contribution in [0.2, 0.25) is 0 Å². The van der Waals surface area contributed by atoms with Crippen molar-refractivity contribution in [2.45, 2.75) is 37.9 Å². The van der Waals surface area contributed by atoms with E-state index in [0.29, 0.717) is 11.8 Å². The van der Waals surface area contributed by atoms with E-state index in [2.05, 4.69) is 5.32 Å². The molecule has 4 heteroatoms. The Labute approximate surface area is 104 Å². The monoisotopic (exact) mass is 255 g/mol. The Kier molecular flexibility index (Phi) is 2.76. The fraction of sp³-hybridized carbons (Fsp3) is 0.571. The van der Waals surface area contributed by atoms with Crippen molar-refractivity contribution in [1.29, 1.82) is 0 Å². The molecule has 98 valence electrons. The third-order valence-corrected chi connectivity index (χ3v) is 3.81. The van der Waals surface area contributed by atoms with Crippen LogP contribution in [0.4, 0.5) is 18.9 Å². The molecular formula is C14H16F3N. The smallest absolute Gasteiger partial charge is 0.381 e. The van der Waals surface area contributed by atoms with E-state index in [1.54, 1.807) is 12.1 Å². The number of halogens is 3. The summed E-state index contributed by atoms with van der Waals surface area (Å²) in [6.07, 6.45) is 0.344. The molecule has 3 rings (SSSR count). The van der Waals surface area contributed by atoms with E-state index < -0.39 is 11.7 Å². The topological polar surface area (TPSA) is 12.0 Å². The second-order valence-electron chi connectivity index (χ2n) is 5.39. The molecule has 2 aliphatic carbocycles. The molecule has 0 aliphatic heterocycles. The van der Waals surface area contributed by atoms with Gasteiger partial charge in [0.1, 0.15) is 0 Å². The molecule has 0 atom stereocenters. The highest BCUT2D eigenvalue weighted by atomic mass is 19.4. The number of para-hydroxylation sites is 1. The Morgan fingerprint density at radius 1 is 1.00 bits per heavy atom. The summed E-state index contributed by atoms with van der Waals surface area (Å²) in [5.41, 5.74) is -0.301. The van der Waals surface area contributed by atoms with Crippen molar-refractivity contribution >= 4 is 5.69 Å². The lowest BCUT2D eigenvalue weighted by Crippen LogP contribution is -2.25. The van der Waals surface area contributed by atoms with Crippen molar-refractivity contribution < 1.29 is 13.2 Å². The highest BCUT2D eigenvalue weighted by Gasteiger charge is 2.42. The Bertz CT molecular complexity index is 421. The molecule has 1 nitrogen and oxygen atoms in total. The lowest BCUT2D eigenvalue weighted by Gasteiger charge is -2.22. The van der Waals surface area contributed by atoms with Gasteiger partial charge in [0, 0.05) is 11.7 Å². The van der Waals surface area contributed by atoms with Gasteiger partial charge in [-0.15, -0.1) is 0 Å². The van der Waals surface area contributed by atoms with Gasteiger partial charge < -0.3 is 5.32 Å². The number of anilines is 1. The Balaban J connectivity index is 1.82. The largest absolute Gasteiger partial charge is 0.418 e. The van der Waals surface area contributed by atoms with Crippen LogP contribution in [-0.4, -0.2) is 6.04 Å². The second kappa shape index (κ2) is 4.18. The Morgan fingerprint density at radius 2 is 1.56 bits per heavy atom. The maximum atomic E-state index is 12.9. The average Bonchev–Trinajstić information content (AvgIpc) is 3.16. The molecule has 2 fully saturated rings. The summed E-state index contributed by atoms with van der Waals surface area (Å²) in [5.74, 6) is 1.16. The fourth-order valence-corrected chi connectivity index (χ4v) is 2.57. The number of benzene rings is 1. The van der Waals surface area contributed by atoms with Gasteiger partial charge in [-0.05, 0) is 49.7 Å². The molecule has 0 amide bonds. The number of alkyl halides is 3. The highest BCUT2D eigenvalue weighted by Crippen LogP contribution is 2.46. The van der Waals surface area contributed by atoms with Gasteiger partial charge in [0.25, 0.3) is 0 Å². The minimum atomic E-state index is -4.28. The summed E-state index contributed by atoms with van der Waals surface area (Å²) in [7, 11) is 0. The van der Waals surface area contributed by atoms with E-state index in [0.717, 1.165) is 31.7 Å². The molecule has 18 heavy (non-hydrogen) atoms. The minimum Gasteiger partial charge on any atom is -0.381 e. The van der Waals surface area contributed by atoms with Crippen LogP contribution in [0.15, 0.2) is 24.3 Å². The zero-order valence-electron chi connectivity index (χ0n) is 10.0. The number of hydrogen-bond acceptors (Lipinski definition) is 1. The van der Waals surface area contributed by atoms with Crippen LogP contribution in [0.3, 0.4) is 0 Å². The molecule has 1 aromatic rings. The minimum absolute atomic E-state index is 0.244. The first kappa shape index (κ1) is 11.9. The van der Waals surface area contributed by atoms with Crippen LogP contribution < -0.4 is 5.32 Å². The van der Waals surface area contributed by atoms with E-state index in [4.69, 9.17) is 0 Å². The van der Waals surface area contributed by atoms with Gasteiger partial charge in [0.15, 0.2) is 0 Å². The zero-order chi connectivity index (χ0) is 12.8. The molecule has 2 saturated carbocycles. The van der Waals surface area contributed by atoms with Gasteiger partial charge in [-0.3, -0.25) is 0 Å². The molecule has 0 saturated heterocycles. The standard InChI is InChI=1S/C14H16F3N/c15-14(16,17)11-3-1-2-4-12(11)18-13(9-5-6-9)10-7-8-10/h1-4,9-10,13,18H,5-8H2. The first-order valence-corrected chi connectivity index (χ1v) is 6.48. The zero-order valence-corrected chi connectivity index (χ0v) is 10.0. The van der Waals surface area contributed by atoms with Crippen LogP contribution >= 0.6 is 0 Å². The van der Waals surface area contributed by atoms with Gasteiger partial charge in [-0.1, -0.05) is 12.1 Å². The molecule has 0 heterocycles. The third kappa shape index (κ3) is 2.47. The second-order valence-corrected chi connectivity index (χ2v) is 5.39. The number of rotatable bonds is 4. The Hall–Kier alpha value is -1.19. The lowest BCUT2D eigenvalue weighted by atomic mass is 10.1. The van der Waals surface area contributed by atoms with Crippen LogP contribution in [-0.2, 0) is 6.18 Å². The summed E-state index contributed by atoms with van der Waals surface area (Å²) in [4.78, 5) is 0. The van der Waals surface area contributed by atoms with Crippen molar-refractivity contribution in [3.63, 3.8) is 0 Å². The van der Waals surface area contributed by atoms with Gasteiger partial charge in [0.2, 0.25) is 0 Å². The summed E-state index contributed by atoms with van der Waals surface area (Å²) in [6.45, 7) is 0. The van der Waals surface area contributed by atoms with Gasteiger partial charge in [0.05, 0.1) is 5.56 Å². The van der Waals surface area contributed by atoms with E-state index in [-0.39, 0.29) is 11.7 Å². The third-order valence-electron chi connectivity index (χ3n) is 3.81. The maximum Gasteiger partial charge on any atom is 0.418 e. The summed E-state index contributed by atoms with van der Waals surface area (Å²) >= 11 is 0. The maximum absolute atomic E-state index is 12.9. The molecular weight excluding hydrogens is 239 g/mol. The quantitative estimate of drug-likeness (QED) is 0.845. The molecule has 0 radical (unpaired) electrons. The van der Waals surface area contributed by atoms with Crippen LogP contribution in [0, 0.1) is 11.8 Å². The molecule has 1 N–H and O–H groups in total. The van der Waals surface area contributed by atoms with Crippen molar-refractivity contribution in [3.8, 4) is 0 Å². The molecule has 0 bridgehead atoms. The van der Waals surface area contributed by atoms with E-state index in [1.807, 2.05) is 0 Å². The molecule has 0 spiro atoms. The van der Waals surface area contributed by atoms with Crippen molar-refractivity contribution in [2.75, 3.05) is 5.32 Å². The predicted molar refractivity (Wildman–Crippen MR) is 64.3 cm³/mol. The fourth-order valence-electron chi connectivity index (χ4n) is 2.57. The highest BCUT2D eigenvalue weighted by molar-refractivity contribution is 5.53. The molecule has 1 aromatic carbocycles. The van der Waals surface area contributed by atoms with Crippen molar-refractivity contribution in [3.05, 3.63) is 29.8 Å². The summed E-state index contributed by atoms with van der Waals surface area (Å²) in [6, 6.07) is 6.04. The normalized spacial score (nSPS) is 20.2. The van der Waals surface area contributed by atoms with Gasteiger partial charge in [-0.2, -0.15) is 13.2 Å². The summed E-state index contributed by atoms with van der Waals surface area (Å²) < 4.78 is 38.7. The molecule has 2 aliphatic rings. The van der Waals surface area contributed by atoms with Gasteiger partial charge in [-0.25, -0.2) is 0 Å². The van der Waals surface area contributed by atoms with E-state index in [1.165, 1.54) is 6.07 Å². The van der Waals surface area contributed by atoms with E-state index in [9.17, 15) is 13.2 Å². The van der Waals surface area contributed by atoms with Crippen molar-refractivity contribution in [2.24, 2.45) is 11.8 Å². The van der Waals surface area contributed by atoms with Crippen LogP contribution in [0.5, 0.6) is 0 Å². The van der Waals surface area contributed by atoms with Gasteiger partial charge >= 0.3 is 6.18 Å².